The Morgan fingerprint density at radius 3 is 2.79 bits per heavy atom. The van der Waals surface area contributed by atoms with Crippen molar-refractivity contribution in [2.75, 3.05) is 6.61 Å². The summed E-state index contributed by atoms with van der Waals surface area (Å²) < 4.78 is 40.8. The first kappa shape index (κ1) is 19.7. The first-order valence-electron chi connectivity index (χ1n) is 8.12. The lowest BCUT2D eigenvalue weighted by Gasteiger charge is -2.12. The Kier molecular flexibility index (Phi) is 5.83. The number of nitrogens with zero attached hydrogens (tertiary/aromatic N) is 3. The van der Waals surface area contributed by atoms with Crippen LogP contribution in [0.2, 0.25) is 0 Å². The Hall–Kier alpha value is -3.08. The van der Waals surface area contributed by atoms with Crippen LogP contribution in [0, 0.1) is 6.92 Å². The van der Waals surface area contributed by atoms with Crippen molar-refractivity contribution in [2.24, 2.45) is 0 Å². The van der Waals surface area contributed by atoms with Crippen molar-refractivity contribution < 1.29 is 27.8 Å². The molecule has 2 aromatic heterocycles. The van der Waals surface area contributed by atoms with Crippen molar-refractivity contribution in [1.29, 1.82) is 0 Å². The molecule has 3 aromatic rings. The van der Waals surface area contributed by atoms with E-state index in [9.17, 15) is 18.4 Å². The van der Waals surface area contributed by atoms with Crippen LogP contribution in [-0.4, -0.2) is 33.8 Å². The standard InChI is InChI=1S/C17H15F2N3O5S/c1-3-25-12-7-10(4-5-11(12)27-16(18)19)15(24)26-8-13-21-22-14(23)6-9(2)20-17(22)28-13/h4-7,16H,3,8H2,1-2H3. The third kappa shape index (κ3) is 4.42. The summed E-state index contributed by atoms with van der Waals surface area (Å²) in [6, 6.07) is 5.10. The minimum atomic E-state index is -3.02. The predicted octanol–water partition coefficient (Wildman–Crippen LogP) is 2.82. The fraction of sp³-hybridized carbons (Fsp3) is 0.294. The molecule has 0 aliphatic rings. The van der Waals surface area contributed by atoms with Gasteiger partial charge in [0.2, 0.25) is 4.96 Å². The first-order valence-corrected chi connectivity index (χ1v) is 8.94. The minimum absolute atomic E-state index is 0.00321. The average molecular weight is 411 g/mol. The molecule has 3 rings (SSSR count). The van der Waals surface area contributed by atoms with Crippen LogP contribution < -0.4 is 15.0 Å². The van der Waals surface area contributed by atoms with E-state index in [-0.39, 0.29) is 35.8 Å². The van der Waals surface area contributed by atoms with Crippen molar-refractivity contribution in [3.8, 4) is 11.5 Å². The van der Waals surface area contributed by atoms with Gasteiger partial charge in [-0.1, -0.05) is 11.3 Å². The lowest BCUT2D eigenvalue weighted by molar-refractivity contribution is -0.0514. The highest BCUT2D eigenvalue weighted by atomic mass is 32.1. The highest BCUT2D eigenvalue weighted by Gasteiger charge is 2.16. The highest BCUT2D eigenvalue weighted by molar-refractivity contribution is 7.16. The summed E-state index contributed by atoms with van der Waals surface area (Å²) in [4.78, 5) is 28.7. The van der Waals surface area contributed by atoms with Crippen molar-refractivity contribution in [1.82, 2.24) is 14.6 Å². The maximum atomic E-state index is 12.4. The largest absolute Gasteiger partial charge is 0.490 e. The zero-order valence-electron chi connectivity index (χ0n) is 14.8. The van der Waals surface area contributed by atoms with Gasteiger partial charge >= 0.3 is 12.6 Å². The number of hydrogen-bond acceptors (Lipinski definition) is 8. The van der Waals surface area contributed by atoms with Crippen molar-refractivity contribution in [2.45, 2.75) is 27.1 Å². The predicted molar refractivity (Wildman–Crippen MR) is 95.2 cm³/mol. The van der Waals surface area contributed by atoms with E-state index in [1.807, 2.05) is 0 Å². The number of rotatable bonds is 7. The summed E-state index contributed by atoms with van der Waals surface area (Å²) in [5.41, 5.74) is 0.330. The van der Waals surface area contributed by atoms with Gasteiger partial charge < -0.3 is 14.2 Å². The van der Waals surface area contributed by atoms with Crippen molar-refractivity contribution in [3.63, 3.8) is 0 Å². The van der Waals surface area contributed by atoms with Crippen LogP contribution in [0.5, 0.6) is 11.5 Å². The maximum Gasteiger partial charge on any atom is 0.387 e. The molecule has 8 nitrogen and oxygen atoms in total. The second-order valence-corrected chi connectivity index (χ2v) is 6.52. The number of alkyl halides is 2. The Morgan fingerprint density at radius 2 is 2.07 bits per heavy atom. The van der Waals surface area contributed by atoms with E-state index >= 15 is 0 Å². The number of hydrogen-bond donors (Lipinski definition) is 0. The number of halogens is 2. The van der Waals surface area contributed by atoms with E-state index in [0.29, 0.717) is 15.7 Å². The molecule has 11 heteroatoms. The van der Waals surface area contributed by atoms with Gasteiger partial charge in [0.25, 0.3) is 5.56 Å². The number of aryl methyl sites for hydroxylation is 1. The maximum absolute atomic E-state index is 12.4. The molecule has 2 heterocycles. The number of ether oxygens (including phenoxy) is 3. The second kappa shape index (κ2) is 8.30. The van der Waals surface area contributed by atoms with Crippen LogP contribution in [0.3, 0.4) is 0 Å². The Labute approximate surface area is 161 Å². The zero-order chi connectivity index (χ0) is 20.3. The Morgan fingerprint density at radius 1 is 1.29 bits per heavy atom. The lowest BCUT2D eigenvalue weighted by Crippen LogP contribution is -2.14. The summed E-state index contributed by atoms with van der Waals surface area (Å²) in [7, 11) is 0. The molecule has 0 unspecified atom stereocenters. The molecule has 0 radical (unpaired) electrons. The monoisotopic (exact) mass is 411 g/mol. The normalized spacial score (nSPS) is 11.0. The summed E-state index contributed by atoms with van der Waals surface area (Å²) in [5, 5.41) is 4.45. The fourth-order valence-electron chi connectivity index (χ4n) is 2.33. The topological polar surface area (TPSA) is 92.0 Å². The van der Waals surface area contributed by atoms with Crippen LogP contribution in [0.25, 0.3) is 4.96 Å². The molecule has 0 amide bonds. The fourth-order valence-corrected chi connectivity index (χ4v) is 3.18. The van der Waals surface area contributed by atoms with Gasteiger partial charge in [-0.05, 0) is 32.0 Å². The number of fused-ring (bicyclic) bond motifs is 1. The van der Waals surface area contributed by atoms with Gasteiger partial charge in [0.05, 0.1) is 12.2 Å². The van der Waals surface area contributed by atoms with Gasteiger partial charge in [0.15, 0.2) is 16.5 Å². The number of carbonyl (C=O) groups is 1. The summed E-state index contributed by atoms with van der Waals surface area (Å²) in [5.74, 6) is -0.885. The van der Waals surface area contributed by atoms with Gasteiger partial charge in [0.1, 0.15) is 6.61 Å². The zero-order valence-corrected chi connectivity index (χ0v) is 15.7. The van der Waals surface area contributed by atoms with Gasteiger partial charge in [-0.2, -0.15) is 18.4 Å². The number of benzene rings is 1. The molecule has 0 fully saturated rings. The second-order valence-electron chi connectivity index (χ2n) is 5.48. The Balaban J connectivity index is 1.75. The van der Waals surface area contributed by atoms with Gasteiger partial charge in [-0.3, -0.25) is 4.79 Å². The minimum Gasteiger partial charge on any atom is -0.490 e. The third-order valence-electron chi connectivity index (χ3n) is 3.44. The molecule has 0 aliphatic heterocycles. The van der Waals surface area contributed by atoms with Gasteiger partial charge in [-0.15, -0.1) is 0 Å². The van der Waals surface area contributed by atoms with Gasteiger partial charge in [-0.25, -0.2) is 9.78 Å². The number of esters is 1. The first-order chi connectivity index (χ1) is 13.4. The van der Waals surface area contributed by atoms with E-state index in [0.717, 1.165) is 15.9 Å². The summed E-state index contributed by atoms with van der Waals surface area (Å²) in [6.07, 6.45) is 0. The average Bonchev–Trinajstić information content (AvgIpc) is 3.04. The quantitative estimate of drug-likeness (QED) is 0.552. The smallest absolute Gasteiger partial charge is 0.387 e. The SMILES string of the molecule is CCOc1cc(C(=O)OCc2nn3c(=O)cc(C)nc3s2)ccc1OC(F)F. The number of carbonyl (C=O) groups excluding carboxylic acids is 1. The van der Waals surface area contributed by atoms with Crippen LogP contribution >= 0.6 is 11.3 Å². The molecule has 148 valence electrons. The third-order valence-corrected chi connectivity index (χ3v) is 4.32. The molecule has 0 atom stereocenters. The summed E-state index contributed by atoms with van der Waals surface area (Å²) in [6.45, 7) is 0.368. The van der Waals surface area contributed by atoms with E-state index < -0.39 is 12.6 Å². The lowest BCUT2D eigenvalue weighted by atomic mass is 10.2. The van der Waals surface area contributed by atoms with Crippen LogP contribution in [0.4, 0.5) is 8.78 Å². The summed E-state index contributed by atoms with van der Waals surface area (Å²) >= 11 is 1.12. The molecule has 0 N–H and O–H groups in total. The van der Waals surface area contributed by atoms with Crippen LogP contribution in [-0.2, 0) is 11.3 Å². The molecule has 0 spiro atoms. The molecule has 0 saturated heterocycles. The molecular weight excluding hydrogens is 396 g/mol. The van der Waals surface area contributed by atoms with E-state index in [1.165, 1.54) is 24.3 Å². The van der Waals surface area contributed by atoms with E-state index in [1.54, 1.807) is 13.8 Å². The molecule has 28 heavy (non-hydrogen) atoms. The number of aromatic nitrogens is 3. The van der Waals surface area contributed by atoms with Crippen molar-refractivity contribution in [3.05, 3.63) is 50.9 Å². The van der Waals surface area contributed by atoms with E-state index in [2.05, 4.69) is 14.8 Å². The Bertz CT molecular complexity index is 1070. The van der Waals surface area contributed by atoms with Crippen molar-refractivity contribution >= 4 is 22.3 Å². The van der Waals surface area contributed by atoms with E-state index in [4.69, 9.17) is 9.47 Å². The van der Waals surface area contributed by atoms with Crippen LogP contribution in [0.15, 0.2) is 29.1 Å². The molecular formula is C17H15F2N3O5S. The van der Waals surface area contributed by atoms with Crippen LogP contribution in [0.1, 0.15) is 28.0 Å². The highest BCUT2D eigenvalue weighted by Crippen LogP contribution is 2.30. The molecule has 0 saturated carbocycles. The molecule has 1 aromatic carbocycles. The molecule has 0 aliphatic carbocycles. The van der Waals surface area contributed by atoms with Gasteiger partial charge in [0, 0.05) is 11.8 Å². The molecule has 0 bridgehead atoms.